The van der Waals surface area contributed by atoms with Gasteiger partial charge in [0.25, 0.3) is 5.91 Å². The van der Waals surface area contributed by atoms with Crippen molar-refractivity contribution in [3.63, 3.8) is 0 Å². The number of carbonyl (C=O) groups is 1. The molecule has 162 valence electrons. The maximum atomic E-state index is 13.2. The van der Waals surface area contributed by atoms with Gasteiger partial charge in [0.1, 0.15) is 9.93 Å². The summed E-state index contributed by atoms with van der Waals surface area (Å²) in [4.78, 5) is 22.5. The Kier molecular flexibility index (Phi) is 6.02. The molecule has 0 saturated carbocycles. The Morgan fingerprint density at radius 1 is 1.03 bits per heavy atom. The summed E-state index contributed by atoms with van der Waals surface area (Å²) in [6, 6.07) is 10.4. The molecule has 0 aromatic heterocycles. The van der Waals surface area contributed by atoms with E-state index in [1.54, 1.807) is 6.07 Å². The molecule has 1 amide bonds. The van der Waals surface area contributed by atoms with Crippen molar-refractivity contribution in [3.8, 4) is 0 Å². The number of rotatable bonds is 3. The molecule has 2 aromatic carbocycles. The SMILES string of the molecule is CCN1C(=O)C(=C2Sc3ccc(Cl)cc3N2CC)SC1=Nc1cccc(C(F)(F)F)c1. The number of amidine groups is 1. The van der Waals surface area contributed by atoms with E-state index in [2.05, 4.69) is 4.99 Å². The predicted octanol–water partition coefficient (Wildman–Crippen LogP) is 6.74. The number of hydrogen-bond donors (Lipinski definition) is 0. The van der Waals surface area contributed by atoms with E-state index in [1.807, 2.05) is 30.9 Å². The number of anilines is 1. The Morgan fingerprint density at radius 3 is 2.45 bits per heavy atom. The molecule has 0 spiro atoms. The van der Waals surface area contributed by atoms with Crippen LogP contribution in [0.1, 0.15) is 19.4 Å². The van der Waals surface area contributed by atoms with Crippen LogP contribution in [0.2, 0.25) is 5.02 Å². The third-order valence-corrected chi connectivity index (χ3v) is 7.37. The molecule has 2 aliphatic heterocycles. The number of amides is 1. The van der Waals surface area contributed by atoms with Crippen molar-refractivity contribution >= 4 is 57.6 Å². The summed E-state index contributed by atoms with van der Waals surface area (Å²) < 4.78 is 39.1. The van der Waals surface area contributed by atoms with Gasteiger partial charge in [-0.2, -0.15) is 13.2 Å². The molecule has 2 aromatic rings. The fraction of sp³-hybridized carbons (Fsp3) is 0.238. The van der Waals surface area contributed by atoms with Crippen molar-refractivity contribution in [2.45, 2.75) is 24.9 Å². The van der Waals surface area contributed by atoms with Gasteiger partial charge in [0.2, 0.25) is 0 Å². The lowest BCUT2D eigenvalue weighted by Gasteiger charge is -2.19. The average molecular weight is 484 g/mol. The van der Waals surface area contributed by atoms with E-state index in [9.17, 15) is 18.0 Å². The molecule has 0 aliphatic carbocycles. The number of fused-ring (bicyclic) bond motifs is 1. The van der Waals surface area contributed by atoms with Crippen molar-refractivity contribution in [2.24, 2.45) is 4.99 Å². The van der Waals surface area contributed by atoms with Crippen LogP contribution in [0.4, 0.5) is 24.5 Å². The van der Waals surface area contributed by atoms with Crippen LogP contribution in [0.3, 0.4) is 0 Å². The maximum absolute atomic E-state index is 13.2. The van der Waals surface area contributed by atoms with E-state index in [0.717, 1.165) is 27.7 Å². The van der Waals surface area contributed by atoms with Gasteiger partial charge in [-0.25, -0.2) is 4.99 Å². The van der Waals surface area contributed by atoms with Crippen LogP contribution in [0.25, 0.3) is 0 Å². The zero-order chi connectivity index (χ0) is 22.3. The van der Waals surface area contributed by atoms with Crippen molar-refractivity contribution < 1.29 is 18.0 Å². The third-order valence-electron chi connectivity index (χ3n) is 4.75. The van der Waals surface area contributed by atoms with E-state index in [-0.39, 0.29) is 11.6 Å². The minimum absolute atomic E-state index is 0.149. The Hall–Kier alpha value is -2.10. The van der Waals surface area contributed by atoms with Crippen molar-refractivity contribution in [2.75, 3.05) is 18.0 Å². The van der Waals surface area contributed by atoms with Crippen LogP contribution < -0.4 is 4.90 Å². The molecule has 0 radical (unpaired) electrons. The molecule has 2 heterocycles. The molecule has 4 rings (SSSR count). The Labute approximate surface area is 191 Å². The van der Waals surface area contributed by atoms with Gasteiger partial charge in [-0.15, -0.1) is 0 Å². The van der Waals surface area contributed by atoms with Crippen LogP contribution in [0, 0.1) is 0 Å². The summed E-state index contributed by atoms with van der Waals surface area (Å²) in [6.07, 6.45) is -4.46. The first-order valence-corrected chi connectivity index (χ1v) is 11.5. The molecule has 10 heteroatoms. The average Bonchev–Trinajstić information content (AvgIpc) is 3.23. The molecule has 4 nitrogen and oxygen atoms in total. The number of alkyl halides is 3. The van der Waals surface area contributed by atoms with Crippen LogP contribution in [0.5, 0.6) is 0 Å². The quantitative estimate of drug-likeness (QED) is 0.453. The van der Waals surface area contributed by atoms with Crippen LogP contribution in [0.15, 0.2) is 62.3 Å². The van der Waals surface area contributed by atoms with E-state index in [0.29, 0.717) is 28.2 Å². The molecule has 0 atom stereocenters. The van der Waals surface area contributed by atoms with Gasteiger partial charge >= 0.3 is 6.18 Å². The highest BCUT2D eigenvalue weighted by Crippen LogP contribution is 2.51. The van der Waals surface area contributed by atoms with E-state index in [4.69, 9.17) is 11.6 Å². The standard InChI is InChI=1S/C21H17ClF3N3OS2/c1-3-27-15-11-13(22)8-9-16(15)30-19(27)17-18(29)28(4-2)20(31-17)26-14-7-5-6-12(10-14)21(23,24)25/h5-11H,3-4H2,1-2H3. The van der Waals surface area contributed by atoms with Gasteiger partial charge in [-0.05, 0) is 62.0 Å². The summed E-state index contributed by atoms with van der Waals surface area (Å²) in [6.45, 7) is 4.79. The molecule has 2 aliphatic rings. The third kappa shape index (κ3) is 4.18. The highest BCUT2D eigenvalue weighted by molar-refractivity contribution is 8.19. The molecule has 0 N–H and O–H groups in total. The minimum Gasteiger partial charge on any atom is -0.334 e. The number of hydrogen-bond acceptors (Lipinski definition) is 5. The molecule has 0 unspecified atom stereocenters. The molecule has 0 bridgehead atoms. The molecule has 31 heavy (non-hydrogen) atoms. The number of likely N-dealkylation sites (N-methyl/N-ethyl adjacent to an activating group) is 1. The van der Waals surface area contributed by atoms with Gasteiger partial charge in [0.05, 0.1) is 16.9 Å². The molecular weight excluding hydrogens is 467 g/mol. The maximum Gasteiger partial charge on any atom is 0.416 e. The smallest absolute Gasteiger partial charge is 0.334 e. The summed E-state index contributed by atoms with van der Waals surface area (Å²) in [5.41, 5.74) is 0.305. The number of halogens is 4. The monoisotopic (exact) mass is 483 g/mol. The van der Waals surface area contributed by atoms with Gasteiger partial charge in [-0.3, -0.25) is 9.69 Å². The van der Waals surface area contributed by atoms with Gasteiger partial charge < -0.3 is 4.90 Å². The van der Waals surface area contributed by atoms with Crippen molar-refractivity contribution in [1.29, 1.82) is 0 Å². The predicted molar refractivity (Wildman–Crippen MR) is 121 cm³/mol. The van der Waals surface area contributed by atoms with Gasteiger partial charge in [0.15, 0.2) is 5.17 Å². The minimum atomic E-state index is -4.46. The first-order chi connectivity index (χ1) is 14.7. The lowest BCUT2D eigenvalue weighted by Crippen LogP contribution is -2.29. The molecule has 1 fully saturated rings. The Morgan fingerprint density at radius 2 is 1.77 bits per heavy atom. The van der Waals surface area contributed by atoms with Crippen molar-refractivity contribution in [3.05, 3.63) is 63.0 Å². The van der Waals surface area contributed by atoms with Crippen LogP contribution in [-0.4, -0.2) is 29.1 Å². The highest BCUT2D eigenvalue weighted by atomic mass is 35.5. The van der Waals surface area contributed by atoms with E-state index < -0.39 is 11.7 Å². The zero-order valence-electron chi connectivity index (χ0n) is 16.5. The van der Waals surface area contributed by atoms with E-state index in [1.165, 1.54) is 40.6 Å². The fourth-order valence-corrected chi connectivity index (χ4v) is 5.90. The lowest BCUT2D eigenvalue weighted by atomic mass is 10.2. The number of benzene rings is 2. The number of carbonyl (C=O) groups excluding carboxylic acids is 1. The lowest BCUT2D eigenvalue weighted by molar-refractivity contribution is -0.137. The fourth-order valence-electron chi connectivity index (χ4n) is 3.30. The highest BCUT2D eigenvalue weighted by Gasteiger charge is 2.39. The first kappa shape index (κ1) is 22.1. The molecule has 1 saturated heterocycles. The topological polar surface area (TPSA) is 35.9 Å². The van der Waals surface area contributed by atoms with Crippen LogP contribution >= 0.6 is 35.1 Å². The second-order valence-corrected chi connectivity index (χ2v) is 9.13. The number of thioether (sulfide) groups is 2. The molecular formula is C21H17ClF3N3OS2. The number of nitrogens with zero attached hydrogens (tertiary/aromatic N) is 3. The van der Waals surface area contributed by atoms with E-state index >= 15 is 0 Å². The van der Waals surface area contributed by atoms with Crippen molar-refractivity contribution in [1.82, 2.24) is 4.90 Å². The summed E-state index contributed by atoms with van der Waals surface area (Å²) in [7, 11) is 0. The summed E-state index contributed by atoms with van der Waals surface area (Å²) >= 11 is 8.81. The Bertz CT molecular complexity index is 1120. The summed E-state index contributed by atoms with van der Waals surface area (Å²) in [5, 5.41) is 1.75. The normalized spacial score (nSPS) is 20.2. The second kappa shape index (κ2) is 8.44. The summed E-state index contributed by atoms with van der Waals surface area (Å²) in [5.74, 6) is -0.210. The van der Waals surface area contributed by atoms with Gasteiger partial charge in [0, 0.05) is 23.0 Å². The Balaban J connectivity index is 1.73. The number of aliphatic imine (C=N–C) groups is 1. The largest absolute Gasteiger partial charge is 0.416 e. The first-order valence-electron chi connectivity index (χ1n) is 9.47. The second-order valence-electron chi connectivity index (χ2n) is 6.69. The van der Waals surface area contributed by atoms with Gasteiger partial charge in [-0.1, -0.05) is 29.4 Å². The zero-order valence-corrected chi connectivity index (χ0v) is 18.9. The van der Waals surface area contributed by atoms with Crippen LogP contribution in [-0.2, 0) is 11.0 Å².